The molecule has 0 fully saturated rings. The van der Waals surface area contributed by atoms with Gasteiger partial charge in [0, 0.05) is 6.92 Å². The topological polar surface area (TPSA) is 78.3 Å². The molecular formula is C23H40N2O2. The Kier molecular flexibility index (Phi) is 12.4. The van der Waals surface area contributed by atoms with Gasteiger partial charge in [-0.2, -0.15) is 0 Å². The lowest BCUT2D eigenvalue weighted by Gasteiger charge is -2.11. The number of hydrogen-bond donors (Lipinski definition) is 2. The van der Waals surface area contributed by atoms with Gasteiger partial charge < -0.3 is 16.2 Å². The van der Waals surface area contributed by atoms with Gasteiger partial charge in [0.2, 0.25) is 0 Å². The maximum absolute atomic E-state index is 11.2. The molecule has 0 aliphatic rings. The Morgan fingerprint density at radius 1 is 0.815 bits per heavy atom. The molecule has 0 atom stereocenters. The van der Waals surface area contributed by atoms with Gasteiger partial charge >= 0.3 is 5.97 Å². The Morgan fingerprint density at radius 2 is 1.30 bits per heavy atom. The van der Waals surface area contributed by atoms with Crippen molar-refractivity contribution in [3.05, 3.63) is 17.7 Å². The number of anilines is 2. The molecule has 4 heteroatoms. The first-order chi connectivity index (χ1) is 13.0. The molecule has 4 nitrogen and oxygen atoms in total. The zero-order valence-electron chi connectivity index (χ0n) is 17.5. The summed E-state index contributed by atoms with van der Waals surface area (Å²) in [6, 6.07) is 3.73. The van der Waals surface area contributed by atoms with Crippen LogP contribution in [0.25, 0.3) is 0 Å². The second-order valence-electron chi connectivity index (χ2n) is 7.68. The molecule has 0 aromatic heterocycles. The van der Waals surface area contributed by atoms with E-state index in [4.69, 9.17) is 16.2 Å². The summed E-state index contributed by atoms with van der Waals surface area (Å²) in [5.41, 5.74) is 13.7. The van der Waals surface area contributed by atoms with Crippen LogP contribution in [0.4, 0.5) is 11.4 Å². The molecule has 0 radical (unpaired) electrons. The molecule has 0 unspecified atom stereocenters. The Balaban J connectivity index is 2.08. The van der Waals surface area contributed by atoms with Gasteiger partial charge in [-0.1, -0.05) is 84.0 Å². The van der Waals surface area contributed by atoms with Crippen molar-refractivity contribution in [3.63, 3.8) is 0 Å². The maximum atomic E-state index is 11.2. The van der Waals surface area contributed by atoms with Crippen molar-refractivity contribution < 1.29 is 9.53 Å². The molecule has 0 saturated carbocycles. The molecule has 0 aliphatic heterocycles. The molecule has 0 amide bonds. The van der Waals surface area contributed by atoms with Crippen LogP contribution in [-0.4, -0.2) is 5.97 Å². The predicted octanol–water partition coefficient (Wildman–Crippen LogP) is 6.41. The van der Waals surface area contributed by atoms with Gasteiger partial charge in [0.25, 0.3) is 0 Å². The van der Waals surface area contributed by atoms with Gasteiger partial charge in [-0.3, -0.25) is 4.79 Å². The molecule has 0 aliphatic carbocycles. The molecule has 27 heavy (non-hydrogen) atoms. The zero-order chi connectivity index (χ0) is 19.9. The predicted molar refractivity (Wildman–Crippen MR) is 116 cm³/mol. The number of aryl methyl sites for hydroxylation is 1. The van der Waals surface area contributed by atoms with E-state index < -0.39 is 0 Å². The van der Waals surface area contributed by atoms with Crippen molar-refractivity contribution in [1.29, 1.82) is 0 Å². The van der Waals surface area contributed by atoms with Crippen LogP contribution in [0.5, 0.6) is 5.75 Å². The second kappa shape index (κ2) is 14.4. The van der Waals surface area contributed by atoms with E-state index >= 15 is 0 Å². The second-order valence-corrected chi connectivity index (χ2v) is 7.68. The molecule has 4 N–H and O–H groups in total. The van der Waals surface area contributed by atoms with Crippen LogP contribution < -0.4 is 16.2 Å². The molecule has 0 heterocycles. The summed E-state index contributed by atoms with van der Waals surface area (Å²) >= 11 is 0. The van der Waals surface area contributed by atoms with E-state index in [0.717, 1.165) is 18.4 Å². The van der Waals surface area contributed by atoms with Crippen LogP contribution in [-0.2, 0) is 11.2 Å². The number of unbranched alkanes of at least 4 members (excludes halogenated alkanes) is 12. The van der Waals surface area contributed by atoms with Crippen molar-refractivity contribution >= 4 is 17.3 Å². The van der Waals surface area contributed by atoms with Crippen molar-refractivity contribution in [2.75, 3.05) is 11.5 Å². The quantitative estimate of drug-likeness (QED) is 0.160. The average Bonchev–Trinajstić information content (AvgIpc) is 2.62. The van der Waals surface area contributed by atoms with E-state index in [-0.39, 0.29) is 5.97 Å². The van der Waals surface area contributed by atoms with Crippen LogP contribution in [0.2, 0.25) is 0 Å². The summed E-state index contributed by atoms with van der Waals surface area (Å²) in [7, 11) is 0. The van der Waals surface area contributed by atoms with E-state index in [1.54, 1.807) is 0 Å². The number of nitrogen functional groups attached to an aromatic ring is 2. The minimum absolute atomic E-state index is 0.347. The monoisotopic (exact) mass is 376 g/mol. The highest BCUT2D eigenvalue weighted by molar-refractivity contribution is 5.77. The van der Waals surface area contributed by atoms with Crippen molar-refractivity contribution in [1.82, 2.24) is 0 Å². The number of nitrogens with two attached hydrogens (primary N) is 2. The lowest BCUT2D eigenvalue weighted by molar-refractivity contribution is -0.131. The van der Waals surface area contributed by atoms with Gasteiger partial charge in [0.15, 0.2) is 5.75 Å². The normalized spacial score (nSPS) is 10.9. The first kappa shape index (κ1) is 23.3. The van der Waals surface area contributed by atoms with E-state index in [9.17, 15) is 4.79 Å². The highest BCUT2D eigenvalue weighted by Gasteiger charge is 2.09. The Hall–Kier alpha value is -1.71. The first-order valence-corrected chi connectivity index (χ1v) is 10.9. The fraction of sp³-hybridized carbons (Fsp3) is 0.696. The smallest absolute Gasteiger partial charge is 0.308 e. The maximum Gasteiger partial charge on any atom is 0.308 e. The summed E-state index contributed by atoms with van der Waals surface area (Å²) in [6.45, 7) is 3.64. The van der Waals surface area contributed by atoms with E-state index in [0.29, 0.717) is 17.1 Å². The summed E-state index contributed by atoms with van der Waals surface area (Å²) in [4.78, 5) is 11.2. The Bertz CT molecular complexity index is 543. The van der Waals surface area contributed by atoms with Crippen LogP contribution in [0.3, 0.4) is 0 Å². The summed E-state index contributed by atoms with van der Waals surface area (Å²) in [5.74, 6) is 0.00593. The van der Waals surface area contributed by atoms with E-state index in [2.05, 4.69) is 6.92 Å². The molecule has 1 aromatic rings. The van der Waals surface area contributed by atoms with Crippen LogP contribution in [0.15, 0.2) is 12.1 Å². The van der Waals surface area contributed by atoms with E-state index in [1.165, 1.54) is 84.0 Å². The van der Waals surface area contributed by atoms with Crippen molar-refractivity contribution in [2.24, 2.45) is 0 Å². The van der Waals surface area contributed by atoms with Gasteiger partial charge in [0.05, 0.1) is 11.4 Å². The van der Waals surface area contributed by atoms with Crippen LogP contribution >= 0.6 is 0 Å². The minimum Gasteiger partial charge on any atom is -0.424 e. The van der Waals surface area contributed by atoms with Crippen LogP contribution in [0.1, 0.15) is 103 Å². The van der Waals surface area contributed by atoms with Gasteiger partial charge in [-0.25, -0.2) is 0 Å². The standard InChI is InChI=1S/C23H40N2O2/c1-3-4-5-6-7-8-9-10-11-12-13-14-15-16-20-17-21(24)23(25)22(18-20)27-19(2)26/h17-18H,3-16,24-25H2,1-2H3. The third-order valence-corrected chi connectivity index (χ3v) is 5.06. The number of hydrogen-bond acceptors (Lipinski definition) is 4. The highest BCUT2D eigenvalue weighted by atomic mass is 16.5. The summed E-state index contributed by atoms with van der Waals surface area (Å²) in [6.07, 6.45) is 18.4. The number of carbonyl (C=O) groups excluding carboxylic acids is 1. The van der Waals surface area contributed by atoms with Crippen LogP contribution in [0, 0.1) is 0 Å². The van der Waals surface area contributed by atoms with Crippen molar-refractivity contribution in [2.45, 2.75) is 104 Å². The largest absolute Gasteiger partial charge is 0.424 e. The number of esters is 1. The SMILES string of the molecule is CCCCCCCCCCCCCCCc1cc(N)c(N)c(OC(C)=O)c1. The van der Waals surface area contributed by atoms with Crippen molar-refractivity contribution in [3.8, 4) is 5.75 Å². The fourth-order valence-corrected chi connectivity index (χ4v) is 3.44. The number of carbonyl (C=O) groups is 1. The highest BCUT2D eigenvalue weighted by Crippen LogP contribution is 2.30. The summed E-state index contributed by atoms with van der Waals surface area (Å²) in [5, 5.41) is 0. The zero-order valence-corrected chi connectivity index (χ0v) is 17.5. The number of ether oxygens (including phenoxy) is 1. The Labute approximate surface area is 166 Å². The number of benzene rings is 1. The molecule has 154 valence electrons. The lowest BCUT2D eigenvalue weighted by atomic mass is 10.0. The molecule has 1 rings (SSSR count). The van der Waals surface area contributed by atoms with Gasteiger partial charge in [0.1, 0.15) is 0 Å². The van der Waals surface area contributed by atoms with Gasteiger partial charge in [-0.05, 0) is 30.5 Å². The molecule has 0 spiro atoms. The third-order valence-electron chi connectivity index (χ3n) is 5.06. The first-order valence-electron chi connectivity index (χ1n) is 10.9. The minimum atomic E-state index is -0.376. The summed E-state index contributed by atoms with van der Waals surface area (Å²) < 4.78 is 5.14. The lowest BCUT2D eigenvalue weighted by Crippen LogP contribution is -2.06. The fourth-order valence-electron chi connectivity index (χ4n) is 3.44. The molecular weight excluding hydrogens is 336 g/mol. The van der Waals surface area contributed by atoms with Gasteiger partial charge in [-0.15, -0.1) is 0 Å². The Morgan fingerprint density at radius 3 is 1.78 bits per heavy atom. The average molecular weight is 377 g/mol. The molecule has 0 bridgehead atoms. The molecule has 0 saturated heterocycles. The van der Waals surface area contributed by atoms with E-state index in [1.807, 2.05) is 12.1 Å². The molecule has 1 aromatic carbocycles. The number of rotatable bonds is 15. The third kappa shape index (κ3) is 10.9.